The number of rotatable bonds is 8. The molecule has 0 saturated heterocycles. The first-order chi connectivity index (χ1) is 12.2. The van der Waals surface area contributed by atoms with E-state index in [1.54, 1.807) is 18.5 Å². The molecule has 2 heterocycles. The number of pyridine rings is 1. The smallest absolute Gasteiger partial charge is 0.316 e. The summed E-state index contributed by atoms with van der Waals surface area (Å²) < 4.78 is 5.13. The molecule has 2 N–H and O–H groups in total. The Balaban J connectivity index is 1.74. The number of thioether (sulfide) groups is 1. The van der Waals surface area contributed by atoms with Crippen molar-refractivity contribution in [3.63, 3.8) is 0 Å². The number of carbonyl (C=O) groups is 1. The summed E-state index contributed by atoms with van der Waals surface area (Å²) in [5.74, 6) is -0.184. The van der Waals surface area contributed by atoms with E-state index in [-0.39, 0.29) is 18.3 Å². The van der Waals surface area contributed by atoms with E-state index in [1.165, 1.54) is 11.8 Å². The zero-order valence-corrected chi connectivity index (χ0v) is 15.4. The Hall–Kier alpha value is -2.26. The maximum Gasteiger partial charge on any atom is 0.316 e. The van der Waals surface area contributed by atoms with Crippen LogP contribution in [0.3, 0.4) is 0 Å². The lowest BCUT2D eigenvalue weighted by atomic mass is 10.3. The van der Waals surface area contributed by atoms with Crippen LogP contribution in [0.4, 0.5) is 0 Å². The van der Waals surface area contributed by atoms with Crippen molar-refractivity contribution in [1.29, 1.82) is 0 Å². The van der Waals surface area contributed by atoms with Crippen molar-refractivity contribution in [2.24, 2.45) is 0 Å². The molecule has 0 saturated carbocycles. The second kappa shape index (κ2) is 10.6. The van der Waals surface area contributed by atoms with Crippen molar-refractivity contribution in [2.75, 3.05) is 25.4 Å². The van der Waals surface area contributed by atoms with Gasteiger partial charge in [-0.2, -0.15) is 0 Å². The van der Waals surface area contributed by atoms with Gasteiger partial charge in [0.15, 0.2) is 10.3 Å². The fourth-order valence-electron chi connectivity index (χ4n) is 1.78. The summed E-state index contributed by atoms with van der Waals surface area (Å²) in [5, 5.41) is 6.95. The molecule has 9 heteroatoms. The van der Waals surface area contributed by atoms with E-state index < -0.39 is 0 Å². The Morgan fingerprint density at radius 1 is 1.20 bits per heavy atom. The van der Waals surface area contributed by atoms with Gasteiger partial charge in [0.25, 0.3) is 0 Å². The normalized spacial score (nSPS) is 10.1. The van der Waals surface area contributed by atoms with E-state index in [1.807, 2.05) is 25.1 Å². The summed E-state index contributed by atoms with van der Waals surface area (Å²) in [5.41, 5.74) is 1.48. The summed E-state index contributed by atoms with van der Waals surface area (Å²) >= 11 is 6.24. The lowest BCUT2D eigenvalue weighted by molar-refractivity contribution is -0.140. The van der Waals surface area contributed by atoms with Crippen LogP contribution in [-0.2, 0) is 9.53 Å². The van der Waals surface area contributed by atoms with Crippen LogP contribution in [0.2, 0.25) is 0 Å². The van der Waals surface area contributed by atoms with E-state index in [2.05, 4.69) is 25.6 Å². The Morgan fingerprint density at radius 2 is 2.08 bits per heavy atom. The molecular weight excluding hydrogens is 358 g/mol. The number of hydrogen-bond acceptors (Lipinski definition) is 7. The molecule has 25 heavy (non-hydrogen) atoms. The van der Waals surface area contributed by atoms with Gasteiger partial charge in [-0.05, 0) is 37.3 Å². The van der Waals surface area contributed by atoms with Crippen LogP contribution in [-0.4, -0.2) is 51.5 Å². The molecule has 132 valence electrons. The van der Waals surface area contributed by atoms with E-state index in [0.717, 1.165) is 12.2 Å². The molecule has 0 radical (unpaired) electrons. The number of carbonyl (C=O) groups excluding carboxylic acids is 1. The number of nitrogens with one attached hydrogen (secondary N) is 2. The SMILES string of the molecule is CCNC(=S)NCCOC(=O)CSc1nccc(-c2ccccn2)n1. The Kier molecular flexibility index (Phi) is 8.06. The molecule has 0 fully saturated rings. The van der Waals surface area contributed by atoms with Gasteiger partial charge in [0.2, 0.25) is 0 Å². The van der Waals surface area contributed by atoms with Crippen molar-refractivity contribution >= 4 is 35.1 Å². The molecule has 7 nitrogen and oxygen atoms in total. The topological polar surface area (TPSA) is 89.0 Å². The Bertz CT molecular complexity index is 700. The highest BCUT2D eigenvalue weighted by atomic mass is 32.2. The first-order valence-corrected chi connectivity index (χ1v) is 9.13. The standard InChI is InChI=1S/C16H19N5O2S2/c1-2-17-15(24)19-9-10-23-14(22)11-25-16-20-8-6-13(21-16)12-5-3-4-7-18-12/h3-8H,2,9-11H2,1H3,(H2,17,19,24). The summed E-state index contributed by atoms with van der Waals surface area (Å²) in [7, 11) is 0. The molecule has 0 aliphatic heterocycles. The molecule has 2 aromatic heterocycles. The lowest BCUT2D eigenvalue weighted by Crippen LogP contribution is -2.37. The zero-order valence-electron chi connectivity index (χ0n) is 13.8. The summed E-state index contributed by atoms with van der Waals surface area (Å²) in [6, 6.07) is 7.39. The minimum atomic E-state index is -0.326. The average molecular weight is 377 g/mol. The quantitative estimate of drug-likeness (QED) is 0.234. The largest absolute Gasteiger partial charge is 0.463 e. The van der Waals surface area contributed by atoms with Crippen LogP contribution >= 0.6 is 24.0 Å². The number of thiocarbonyl (C=S) groups is 1. The molecule has 0 atom stereocenters. The van der Waals surface area contributed by atoms with Gasteiger partial charge < -0.3 is 15.4 Å². The third-order valence-electron chi connectivity index (χ3n) is 2.87. The van der Waals surface area contributed by atoms with Crippen LogP contribution in [0.5, 0.6) is 0 Å². The van der Waals surface area contributed by atoms with Gasteiger partial charge in [-0.3, -0.25) is 9.78 Å². The molecule has 0 aliphatic rings. The van der Waals surface area contributed by atoms with Gasteiger partial charge in [0.1, 0.15) is 6.61 Å². The predicted molar refractivity (Wildman–Crippen MR) is 101 cm³/mol. The molecule has 0 aliphatic carbocycles. The van der Waals surface area contributed by atoms with Crippen molar-refractivity contribution in [2.45, 2.75) is 12.1 Å². The minimum absolute atomic E-state index is 0.142. The van der Waals surface area contributed by atoms with Crippen molar-refractivity contribution < 1.29 is 9.53 Å². The second-order valence-corrected chi connectivity index (χ2v) is 6.09. The Labute approximate surface area is 156 Å². The summed E-state index contributed by atoms with van der Waals surface area (Å²) in [6.07, 6.45) is 3.35. The lowest BCUT2D eigenvalue weighted by Gasteiger charge is -2.09. The highest BCUT2D eigenvalue weighted by molar-refractivity contribution is 7.99. The third-order valence-corrected chi connectivity index (χ3v) is 3.99. The predicted octanol–water partition coefficient (Wildman–Crippen LogP) is 1.66. The van der Waals surface area contributed by atoms with Crippen LogP contribution in [0, 0.1) is 0 Å². The Morgan fingerprint density at radius 3 is 2.84 bits per heavy atom. The molecule has 2 rings (SSSR count). The van der Waals surface area contributed by atoms with Crippen molar-refractivity contribution in [1.82, 2.24) is 25.6 Å². The molecule has 0 bridgehead atoms. The average Bonchev–Trinajstić information content (AvgIpc) is 2.65. The molecule has 0 spiro atoms. The van der Waals surface area contributed by atoms with Gasteiger partial charge >= 0.3 is 5.97 Å². The van der Waals surface area contributed by atoms with E-state index in [0.29, 0.717) is 22.5 Å². The van der Waals surface area contributed by atoms with Gasteiger partial charge in [-0.25, -0.2) is 9.97 Å². The van der Waals surface area contributed by atoms with Gasteiger partial charge in [0, 0.05) is 18.9 Å². The van der Waals surface area contributed by atoms with Crippen LogP contribution in [0.15, 0.2) is 41.8 Å². The molecule has 0 amide bonds. The fourth-order valence-corrected chi connectivity index (χ4v) is 2.66. The fraction of sp³-hybridized carbons (Fsp3) is 0.312. The van der Waals surface area contributed by atoms with Crippen molar-refractivity contribution in [3.8, 4) is 11.4 Å². The zero-order chi connectivity index (χ0) is 17.9. The minimum Gasteiger partial charge on any atom is -0.463 e. The number of nitrogens with zero attached hydrogens (tertiary/aromatic N) is 3. The van der Waals surface area contributed by atoms with E-state index in [4.69, 9.17) is 17.0 Å². The number of hydrogen-bond donors (Lipinski definition) is 2. The highest BCUT2D eigenvalue weighted by Crippen LogP contribution is 2.18. The summed E-state index contributed by atoms with van der Waals surface area (Å²) in [6.45, 7) is 3.42. The molecule has 0 unspecified atom stereocenters. The van der Waals surface area contributed by atoms with Gasteiger partial charge in [0.05, 0.1) is 23.7 Å². The van der Waals surface area contributed by atoms with Crippen molar-refractivity contribution in [3.05, 3.63) is 36.7 Å². The first-order valence-electron chi connectivity index (χ1n) is 7.73. The van der Waals surface area contributed by atoms with Gasteiger partial charge in [-0.15, -0.1) is 0 Å². The third kappa shape index (κ3) is 7.02. The van der Waals surface area contributed by atoms with Crippen LogP contribution in [0.1, 0.15) is 6.92 Å². The van der Waals surface area contributed by atoms with Crippen LogP contribution in [0.25, 0.3) is 11.4 Å². The second-order valence-electron chi connectivity index (χ2n) is 4.73. The molecule has 0 aromatic carbocycles. The maximum absolute atomic E-state index is 11.8. The highest BCUT2D eigenvalue weighted by Gasteiger charge is 2.08. The molecule has 2 aromatic rings. The van der Waals surface area contributed by atoms with Crippen LogP contribution < -0.4 is 10.6 Å². The van der Waals surface area contributed by atoms with Gasteiger partial charge in [-0.1, -0.05) is 17.8 Å². The number of ether oxygens (including phenoxy) is 1. The number of aromatic nitrogens is 3. The maximum atomic E-state index is 11.8. The summed E-state index contributed by atoms with van der Waals surface area (Å²) in [4.78, 5) is 24.6. The molecular formula is C16H19N5O2S2. The number of esters is 1. The first kappa shape index (κ1) is 19.1. The van der Waals surface area contributed by atoms with E-state index in [9.17, 15) is 4.79 Å². The monoisotopic (exact) mass is 377 g/mol. The van der Waals surface area contributed by atoms with E-state index >= 15 is 0 Å².